The Morgan fingerprint density at radius 1 is 1.10 bits per heavy atom. The zero-order valence-electron chi connectivity index (χ0n) is 23.4. The number of benzene rings is 2. The zero-order valence-corrected chi connectivity index (χ0v) is 23.4. The summed E-state index contributed by atoms with van der Waals surface area (Å²) in [5.74, 6) is -2.42. The maximum absolute atomic E-state index is 13.5. The average molecular weight is 564 g/mol. The number of aromatic amines is 1. The summed E-state index contributed by atoms with van der Waals surface area (Å²) in [6, 6.07) is 13.5. The van der Waals surface area contributed by atoms with Crippen LogP contribution in [0.3, 0.4) is 0 Å². The number of nitrogens with one attached hydrogen (secondary N) is 3. The minimum absolute atomic E-state index is 0.0121. The molecule has 6 N–H and O–H groups in total. The smallest absolute Gasteiger partial charge is 0.407 e. The third kappa shape index (κ3) is 7.63. The number of ether oxygens (including phenoxy) is 1. The fourth-order valence-electron chi connectivity index (χ4n) is 5.22. The summed E-state index contributed by atoms with van der Waals surface area (Å²) in [6.45, 7) is 5.28. The van der Waals surface area contributed by atoms with Gasteiger partial charge >= 0.3 is 12.1 Å². The molecule has 4 atom stereocenters. The van der Waals surface area contributed by atoms with E-state index < -0.39 is 60.1 Å². The van der Waals surface area contributed by atoms with E-state index in [-0.39, 0.29) is 13.0 Å². The van der Waals surface area contributed by atoms with Gasteiger partial charge in [0.25, 0.3) is 0 Å². The van der Waals surface area contributed by atoms with Crippen LogP contribution in [0.25, 0.3) is 10.9 Å². The van der Waals surface area contributed by atoms with Crippen molar-refractivity contribution in [1.82, 2.24) is 20.5 Å². The highest BCUT2D eigenvalue weighted by Gasteiger charge is 2.43. The molecule has 0 bridgehead atoms. The second-order valence-corrected chi connectivity index (χ2v) is 11.3. The first-order valence-corrected chi connectivity index (χ1v) is 13.6. The van der Waals surface area contributed by atoms with Gasteiger partial charge in [0.15, 0.2) is 0 Å². The SMILES string of the molecule is CC(C)(C)OC(=O)N[C@@H](Cc1c[nH]c2ccccc12)[C@H]1CN([C@@H](Cc2ccccc2)C(N)=O)C(=O)[C@H](CC(=O)O)N1. The molecule has 0 spiro atoms. The summed E-state index contributed by atoms with van der Waals surface area (Å²) in [7, 11) is 0. The van der Waals surface area contributed by atoms with Crippen LogP contribution in [0.2, 0.25) is 0 Å². The third-order valence-corrected chi connectivity index (χ3v) is 7.05. The molecule has 0 saturated carbocycles. The van der Waals surface area contributed by atoms with E-state index in [4.69, 9.17) is 10.5 Å². The van der Waals surface area contributed by atoms with E-state index >= 15 is 0 Å². The number of H-pyrrole nitrogens is 1. The number of rotatable bonds is 10. The molecule has 0 radical (unpaired) electrons. The first-order valence-electron chi connectivity index (χ1n) is 13.6. The fourth-order valence-corrected chi connectivity index (χ4v) is 5.22. The number of hydrogen-bond acceptors (Lipinski definition) is 6. The van der Waals surface area contributed by atoms with E-state index in [1.165, 1.54) is 4.90 Å². The number of alkyl carbamates (subject to hydrolysis) is 1. The molecule has 1 aliphatic heterocycles. The number of primary amides is 1. The number of carbonyl (C=O) groups is 4. The number of carbonyl (C=O) groups excluding carboxylic acids is 3. The van der Waals surface area contributed by atoms with Crippen LogP contribution in [0.4, 0.5) is 4.79 Å². The Labute approximate surface area is 238 Å². The van der Waals surface area contributed by atoms with Crippen LogP contribution in [0, 0.1) is 0 Å². The largest absolute Gasteiger partial charge is 0.481 e. The predicted octanol–water partition coefficient (Wildman–Crippen LogP) is 2.34. The van der Waals surface area contributed by atoms with Crippen LogP contribution in [-0.4, -0.2) is 75.2 Å². The Kier molecular flexibility index (Phi) is 8.97. The van der Waals surface area contributed by atoms with Gasteiger partial charge in [-0.05, 0) is 44.4 Å². The van der Waals surface area contributed by atoms with E-state index in [0.717, 1.165) is 22.0 Å². The molecule has 3 aromatic rings. The van der Waals surface area contributed by atoms with Gasteiger partial charge in [0.1, 0.15) is 11.6 Å². The predicted molar refractivity (Wildman–Crippen MR) is 153 cm³/mol. The molecule has 218 valence electrons. The summed E-state index contributed by atoms with van der Waals surface area (Å²) >= 11 is 0. The number of aromatic nitrogens is 1. The molecule has 3 amide bonds. The number of para-hydroxylation sites is 1. The molecule has 41 heavy (non-hydrogen) atoms. The van der Waals surface area contributed by atoms with Crippen LogP contribution in [0.15, 0.2) is 60.8 Å². The van der Waals surface area contributed by atoms with E-state index in [1.54, 1.807) is 20.8 Å². The fraction of sp³-hybridized carbons (Fsp3) is 0.400. The molecule has 11 nitrogen and oxygen atoms in total. The average Bonchev–Trinajstić information content (AvgIpc) is 3.30. The van der Waals surface area contributed by atoms with Crippen molar-refractivity contribution >= 4 is 34.8 Å². The Balaban J connectivity index is 1.69. The van der Waals surface area contributed by atoms with Crippen molar-refractivity contribution in [3.05, 3.63) is 71.9 Å². The summed E-state index contributed by atoms with van der Waals surface area (Å²) in [5, 5.41) is 16.6. The number of carboxylic acid groups (broad SMARTS) is 1. The molecule has 1 saturated heterocycles. The second kappa shape index (κ2) is 12.4. The lowest BCUT2D eigenvalue weighted by molar-refractivity contribution is -0.149. The van der Waals surface area contributed by atoms with Gasteiger partial charge in [0.05, 0.1) is 18.5 Å². The van der Waals surface area contributed by atoms with Gasteiger partial charge in [-0.2, -0.15) is 0 Å². The standard InChI is InChI=1S/C30H37N5O6/c1-30(2,3)41-29(40)34-22(14-19-16-32-21-12-8-7-11-20(19)21)24-17-35(28(39)23(33-24)15-26(36)37)25(27(31)38)13-18-9-5-4-6-10-18/h4-12,16,22-25,32-33H,13-15,17H2,1-3H3,(H2,31,38)(H,34,40)(H,36,37)/t22-,23-,24+,25-/m0/s1. The molecule has 1 fully saturated rings. The first-order chi connectivity index (χ1) is 19.4. The van der Waals surface area contributed by atoms with Crippen molar-refractivity contribution in [2.75, 3.05) is 6.54 Å². The van der Waals surface area contributed by atoms with Gasteiger partial charge < -0.3 is 30.8 Å². The van der Waals surface area contributed by atoms with Gasteiger partial charge in [0, 0.05) is 36.1 Å². The topological polar surface area (TPSA) is 167 Å². The molecule has 0 aliphatic carbocycles. The Morgan fingerprint density at radius 2 is 1.78 bits per heavy atom. The molecule has 11 heteroatoms. The van der Waals surface area contributed by atoms with E-state index in [1.807, 2.05) is 60.8 Å². The molecule has 0 unspecified atom stereocenters. The van der Waals surface area contributed by atoms with Crippen LogP contribution in [0.1, 0.15) is 38.3 Å². The van der Waals surface area contributed by atoms with Crippen LogP contribution >= 0.6 is 0 Å². The van der Waals surface area contributed by atoms with Gasteiger partial charge in [-0.3, -0.25) is 19.7 Å². The number of aliphatic carboxylic acids is 1. The Morgan fingerprint density at radius 3 is 2.44 bits per heavy atom. The number of amides is 3. The summed E-state index contributed by atoms with van der Waals surface area (Å²) < 4.78 is 5.54. The Hall–Kier alpha value is -4.38. The monoisotopic (exact) mass is 563 g/mol. The lowest BCUT2D eigenvalue weighted by Crippen LogP contribution is -2.69. The molecule has 2 heterocycles. The first kappa shape index (κ1) is 29.6. The maximum atomic E-state index is 13.5. The summed E-state index contributed by atoms with van der Waals surface area (Å²) in [6.07, 6.45) is 1.20. The number of nitrogens with zero attached hydrogens (tertiary/aromatic N) is 1. The van der Waals surface area contributed by atoms with E-state index in [0.29, 0.717) is 6.42 Å². The van der Waals surface area contributed by atoms with Crippen LogP contribution in [-0.2, 0) is 32.0 Å². The number of hydrogen-bond donors (Lipinski definition) is 5. The normalized spacial score (nSPS) is 19.0. The van der Waals surface area contributed by atoms with Crippen molar-refractivity contribution in [2.45, 2.75) is 69.8 Å². The van der Waals surface area contributed by atoms with Crippen molar-refractivity contribution < 1.29 is 29.0 Å². The van der Waals surface area contributed by atoms with Gasteiger partial charge in [-0.25, -0.2) is 4.79 Å². The lowest BCUT2D eigenvalue weighted by atomic mass is 9.92. The highest BCUT2D eigenvalue weighted by atomic mass is 16.6. The minimum Gasteiger partial charge on any atom is -0.481 e. The highest BCUT2D eigenvalue weighted by molar-refractivity contribution is 5.92. The molecular weight excluding hydrogens is 526 g/mol. The molecule has 1 aromatic heterocycles. The summed E-state index contributed by atoms with van der Waals surface area (Å²) in [5.41, 5.74) is 7.69. The Bertz CT molecular complexity index is 1400. The van der Waals surface area contributed by atoms with Crippen molar-refractivity contribution in [1.29, 1.82) is 0 Å². The number of piperazine rings is 1. The third-order valence-electron chi connectivity index (χ3n) is 7.05. The van der Waals surface area contributed by atoms with Gasteiger partial charge in [0.2, 0.25) is 11.8 Å². The van der Waals surface area contributed by atoms with Crippen LogP contribution < -0.4 is 16.4 Å². The summed E-state index contributed by atoms with van der Waals surface area (Å²) in [4.78, 5) is 55.5. The quantitative estimate of drug-likeness (QED) is 0.252. The van der Waals surface area contributed by atoms with Crippen molar-refractivity contribution in [2.24, 2.45) is 5.73 Å². The second-order valence-electron chi connectivity index (χ2n) is 11.3. The highest BCUT2D eigenvalue weighted by Crippen LogP contribution is 2.23. The van der Waals surface area contributed by atoms with Crippen molar-refractivity contribution in [3.63, 3.8) is 0 Å². The van der Waals surface area contributed by atoms with Crippen molar-refractivity contribution in [3.8, 4) is 0 Å². The van der Waals surface area contributed by atoms with Gasteiger partial charge in [-0.1, -0.05) is 48.5 Å². The van der Waals surface area contributed by atoms with E-state index in [2.05, 4.69) is 15.6 Å². The number of carboxylic acids is 1. The lowest BCUT2D eigenvalue weighted by Gasteiger charge is -2.44. The maximum Gasteiger partial charge on any atom is 0.407 e. The number of fused-ring (bicyclic) bond motifs is 1. The van der Waals surface area contributed by atoms with Crippen LogP contribution in [0.5, 0.6) is 0 Å². The molecular formula is C30H37N5O6. The molecule has 1 aliphatic rings. The minimum atomic E-state index is -1.18. The molecule has 4 rings (SSSR count). The molecule has 2 aromatic carbocycles. The number of nitrogens with two attached hydrogens (primary N) is 1. The van der Waals surface area contributed by atoms with E-state index in [9.17, 15) is 24.3 Å². The zero-order chi connectivity index (χ0) is 29.7. The van der Waals surface area contributed by atoms with Gasteiger partial charge in [-0.15, -0.1) is 0 Å².